The van der Waals surface area contributed by atoms with Crippen LogP contribution in [0.15, 0.2) is 60.7 Å². The molecule has 2 atom stereocenters. The molecule has 7 nitrogen and oxygen atoms in total. The zero-order valence-electron chi connectivity index (χ0n) is 19.7. The lowest BCUT2D eigenvalue weighted by Gasteiger charge is -2.32. The largest absolute Gasteiger partial charge is 0.467 e. The molecule has 0 aliphatic carbocycles. The molecule has 0 bridgehead atoms. The molecule has 0 aliphatic heterocycles. The number of hydrogen-bond donors (Lipinski definition) is 3. The Morgan fingerprint density at radius 3 is 2.09 bits per heavy atom. The van der Waals surface area contributed by atoms with Crippen molar-refractivity contribution in [3.8, 4) is 0 Å². The molecule has 7 heteroatoms. The van der Waals surface area contributed by atoms with Gasteiger partial charge in [0, 0.05) is 12.8 Å². The summed E-state index contributed by atoms with van der Waals surface area (Å²) in [6, 6.07) is 18.3. The predicted molar refractivity (Wildman–Crippen MR) is 128 cm³/mol. The summed E-state index contributed by atoms with van der Waals surface area (Å²) in [5.74, 6) is -1.45. The van der Waals surface area contributed by atoms with E-state index in [1.54, 1.807) is 0 Å². The Labute approximate surface area is 196 Å². The molecule has 178 valence electrons. The highest BCUT2D eigenvalue weighted by atomic mass is 16.5. The van der Waals surface area contributed by atoms with Crippen molar-refractivity contribution >= 4 is 17.8 Å². The van der Waals surface area contributed by atoms with E-state index in [0.29, 0.717) is 6.42 Å². The molecule has 2 amide bonds. The van der Waals surface area contributed by atoms with Crippen LogP contribution in [0, 0.1) is 5.92 Å². The van der Waals surface area contributed by atoms with Gasteiger partial charge in [0.1, 0.15) is 6.04 Å². The average molecular weight is 454 g/mol. The van der Waals surface area contributed by atoms with Crippen molar-refractivity contribution in [2.24, 2.45) is 11.7 Å². The summed E-state index contributed by atoms with van der Waals surface area (Å²) in [6.07, 6.45) is 2.10. The molecule has 0 saturated heterocycles. The lowest BCUT2D eigenvalue weighted by Crippen LogP contribution is -2.67. The van der Waals surface area contributed by atoms with Gasteiger partial charge in [0.25, 0.3) is 5.91 Å². The normalized spacial score (nSPS) is 13.6. The van der Waals surface area contributed by atoms with E-state index in [9.17, 15) is 14.4 Å². The summed E-state index contributed by atoms with van der Waals surface area (Å²) < 4.78 is 4.87. The fourth-order valence-electron chi connectivity index (χ4n) is 3.73. The summed E-state index contributed by atoms with van der Waals surface area (Å²) in [7, 11) is 1.27. The van der Waals surface area contributed by atoms with Gasteiger partial charge in [-0.3, -0.25) is 9.59 Å². The van der Waals surface area contributed by atoms with Gasteiger partial charge in [0.15, 0.2) is 5.66 Å². The van der Waals surface area contributed by atoms with Crippen molar-refractivity contribution in [1.29, 1.82) is 0 Å². The first-order valence-corrected chi connectivity index (χ1v) is 11.3. The van der Waals surface area contributed by atoms with Crippen LogP contribution in [-0.4, -0.2) is 36.6 Å². The number of carbonyl (C=O) groups is 3. The van der Waals surface area contributed by atoms with Crippen LogP contribution in [0.1, 0.15) is 44.2 Å². The standard InChI is InChI=1S/C26H35N3O4/c1-19(2)18-26(27,29-23(30)16-10-15-20-11-6-4-7-12-20)25(32)28-22(24(31)33-3)17-21-13-8-5-9-14-21/h4-9,11-14,19,22H,10,15-18,27H2,1-3H3,(H,28,32)(H,29,30)/t22-,26+/m1/s1. The monoisotopic (exact) mass is 453 g/mol. The van der Waals surface area contributed by atoms with E-state index in [2.05, 4.69) is 10.6 Å². The van der Waals surface area contributed by atoms with Crippen molar-refractivity contribution in [2.75, 3.05) is 7.11 Å². The van der Waals surface area contributed by atoms with Crippen LogP contribution >= 0.6 is 0 Å². The van der Waals surface area contributed by atoms with Crippen LogP contribution in [-0.2, 0) is 32.0 Å². The third kappa shape index (κ3) is 8.69. The Morgan fingerprint density at radius 1 is 0.970 bits per heavy atom. The molecular weight excluding hydrogens is 418 g/mol. The van der Waals surface area contributed by atoms with Crippen LogP contribution in [0.2, 0.25) is 0 Å². The molecule has 0 aromatic heterocycles. The maximum atomic E-state index is 13.2. The molecule has 0 spiro atoms. The smallest absolute Gasteiger partial charge is 0.328 e. The first-order chi connectivity index (χ1) is 15.7. The number of rotatable bonds is 12. The van der Waals surface area contributed by atoms with Crippen molar-refractivity contribution in [3.63, 3.8) is 0 Å². The van der Waals surface area contributed by atoms with Crippen LogP contribution in [0.4, 0.5) is 0 Å². The topological polar surface area (TPSA) is 111 Å². The first kappa shape index (κ1) is 26.1. The van der Waals surface area contributed by atoms with Gasteiger partial charge in [-0.05, 0) is 36.3 Å². The zero-order chi connectivity index (χ0) is 24.3. The molecule has 4 N–H and O–H groups in total. The number of benzene rings is 2. The highest BCUT2D eigenvalue weighted by Gasteiger charge is 2.38. The molecule has 0 radical (unpaired) electrons. The van der Waals surface area contributed by atoms with Gasteiger partial charge in [0.2, 0.25) is 5.91 Å². The summed E-state index contributed by atoms with van der Waals surface area (Å²) in [5.41, 5.74) is 6.79. The van der Waals surface area contributed by atoms with Crippen LogP contribution in [0.3, 0.4) is 0 Å². The van der Waals surface area contributed by atoms with Gasteiger partial charge < -0.3 is 21.1 Å². The third-order valence-electron chi connectivity index (χ3n) is 5.28. The number of ether oxygens (including phenoxy) is 1. The van der Waals surface area contributed by atoms with Crippen LogP contribution < -0.4 is 16.4 Å². The van der Waals surface area contributed by atoms with Gasteiger partial charge in [-0.2, -0.15) is 0 Å². The Balaban J connectivity index is 2.05. The molecule has 0 aliphatic rings. The number of nitrogens with two attached hydrogens (primary N) is 1. The molecule has 0 saturated carbocycles. The minimum atomic E-state index is -1.64. The summed E-state index contributed by atoms with van der Waals surface area (Å²) in [5, 5.41) is 5.41. The van der Waals surface area contributed by atoms with E-state index in [1.807, 2.05) is 74.5 Å². The van der Waals surface area contributed by atoms with Gasteiger partial charge in [0.05, 0.1) is 7.11 Å². The Morgan fingerprint density at radius 2 is 1.55 bits per heavy atom. The number of methoxy groups -OCH3 is 1. The second kappa shape index (κ2) is 12.7. The number of nitrogens with one attached hydrogen (secondary N) is 2. The maximum Gasteiger partial charge on any atom is 0.328 e. The number of amides is 2. The third-order valence-corrected chi connectivity index (χ3v) is 5.28. The molecule has 2 aromatic carbocycles. The van der Waals surface area contributed by atoms with Gasteiger partial charge in [-0.15, -0.1) is 0 Å². The number of esters is 1. The SMILES string of the molecule is COC(=O)[C@@H](Cc1ccccc1)NC(=O)[C@](N)(CC(C)C)NC(=O)CCCc1ccccc1. The molecule has 0 unspecified atom stereocenters. The fourth-order valence-corrected chi connectivity index (χ4v) is 3.73. The predicted octanol–water partition coefficient (Wildman–Crippen LogP) is 2.73. The number of hydrogen-bond acceptors (Lipinski definition) is 5. The van der Waals surface area contributed by atoms with Gasteiger partial charge in [-0.1, -0.05) is 74.5 Å². The summed E-state index contributed by atoms with van der Waals surface area (Å²) in [6.45, 7) is 3.83. The maximum absolute atomic E-state index is 13.2. The second-order valence-corrected chi connectivity index (χ2v) is 8.70. The molecule has 0 heterocycles. The first-order valence-electron chi connectivity index (χ1n) is 11.3. The number of carbonyl (C=O) groups excluding carboxylic acids is 3. The van der Waals surface area contributed by atoms with Crippen molar-refractivity contribution in [2.45, 2.75) is 57.7 Å². The molecule has 2 rings (SSSR count). The van der Waals surface area contributed by atoms with E-state index in [1.165, 1.54) is 7.11 Å². The van der Waals surface area contributed by atoms with Crippen molar-refractivity contribution in [3.05, 3.63) is 71.8 Å². The molecule has 2 aromatic rings. The minimum Gasteiger partial charge on any atom is -0.467 e. The lowest BCUT2D eigenvalue weighted by molar-refractivity contribution is -0.146. The summed E-state index contributed by atoms with van der Waals surface area (Å²) in [4.78, 5) is 38.2. The average Bonchev–Trinajstić information content (AvgIpc) is 2.78. The van der Waals surface area contributed by atoms with Gasteiger partial charge in [-0.25, -0.2) is 4.79 Å². The quantitative estimate of drug-likeness (QED) is 0.338. The molecule has 33 heavy (non-hydrogen) atoms. The zero-order valence-corrected chi connectivity index (χ0v) is 19.7. The fraction of sp³-hybridized carbons (Fsp3) is 0.423. The Hall–Kier alpha value is -3.19. The van der Waals surface area contributed by atoms with E-state index < -0.39 is 23.6 Å². The molecule has 0 fully saturated rings. The molecular formula is C26H35N3O4. The van der Waals surface area contributed by atoms with Crippen molar-refractivity contribution < 1.29 is 19.1 Å². The van der Waals surface area contributed by atoms with Crippen LogP contribution in [0.5, 0.6) is 0 Å². The minimum absolute atomic E-state index is 0.0380. The van der Waals surface area contributed by atoms with Crippen molar-refractivity contribution in [1.82, 2.24) is 10.6 Å². The Kier molecular flexibility index (Phi) is 10.1. The van der Waals surface area contributed by atoms with Crippen LogP contribution in [0.25, 0.3) is 0 Å². The second-order valence-electron chi connectivity index (χ2n) is 8.70. The van der Waals surface area contributed by atoms with E-state index >= 15 is 0 Å². The highest BCUT2D eigenvalue weighted by Crippen LogP contribution is 2.15. The Bertz CT molecular complexity index is 902. The summed E-state index contributed by atoms with van der Waals surface area (Å²) >= 11 is 0. The highest BCUT2D eigenvalue weighted by molar-refractivity contribution is 5.93. The van der Waals surface area contributed by atoms with E-state index in [-0.39, 0.29) is 31.1 Å². The van der Waals surface area contributed by atoms with E-state index in [0.717, 1.165) is 17.5 Å². The number of aryl methyl sites for hydroxylation is 1. The van der Waals surface area contributed by atoms with Gasteiger partial charge >= 0.3 is 5.97 Å². The lowest BCUT2D eigenvalue weighted by atomic mass is 9.95. The van der Waals surface area contributed by atoms with E-state index in [4.69, 9.17) is 10.5 Å².